The van der Waals surface area contributed by atoms with Crippen molar-refractivity contribution >= 4 is 46.7 Å². The van der Waals surface area contributed by atoms with Crippen LogP contribution in [0.3, 0.4) is 0 Å². The third-order valence-corrected chi connectivity index (χ3v) is 7.02. The number of anilines is 1. The molecule has 0 spiro atoms. The number of hydrogen-bond acceptors (Lipinski definition) is 3. The lowest BCUT2D eigenvalue weighted by atomic mass is 10.0. The van der Waals surface area contributed by atoms with Gasteiger partial charge in [-0.3, -0.25) is 14.4 Å². The van der Waals surface area contributed by atoms with E-state index in [0.29, 0.717) is 51.7 Å². The number of hydrogen-bond donors (Lipinski definition) is 1. The van der Waals surface area contributed by atoms with E-state index in [4.69, 9.17) is 34.7 Å². The van der Waals surface area contributed by atoms with Crippen LogP contribution in [0, 0.1) is 12.3 Å². The van der Waals surface area contributed by atoms with E-state index in [1.54, 1.807) is 64.4 Å². The molecule has 8 heteroatoms. The van der Waals surface area contributed by atoms with Crippen molar-refractivity contribution in [3.63, 3.8) is 0 Å². The molecule has 0 bridgehead atoms. The van der Waals surface area contributed by atoms with Crippen molar-refractivity contribution in [2.75, 3.05) is 18.0 Å². The van der Waals surface area contributed by atoms with Gasteiger partial charge in [-0.25, -0.2) is 0 Å². The zero-order valence-corrected chi connectivity index (χ0v) is 22.1. The number of aliphatic carboxylic acids is 1. The van der Waals surface area contributed by atoms with Gasteiger partial charge in [0.2, 0.25) is 0 Å². The number of carbonyl (C=O) groups is 3. The van der Waals surface area contributed by atoms with Crippen LogP contribution in [-0.2, 0) is 16.0 Å². The first kappa shape index (κ1) is 27.3. The average Bonchev–Trinajstić information content (AvgIpc) is 2.99. The third kappa shape index (κ3) is 6.19. The van der Waals surface area contributed by atoms with E-state index in [1.807, 2.05) is 12.1 Å². The summed E-state index contributed by atoms with van der Waals surface area (Å²) in [5.74, 6) is 1.08. The molecule has 1 atom stereocenters. The number of carbonyl (C=O) groups excluding carboxylic acids is 2. The van der Waals surface area contributed by atoms with Crippen LogP contribution in [0.25, 0.3) is 0 Å². The summed E-state index contributed by atoms with van der Waals surface area (Å²) in [5, 5.41) is 10.2. The van der Waals surface area contributed by atoms with Crippen LogP contribution >= 0.6 is 23.2 Å². The highest BCUT2D eigenvalue weighted by atomic mass is 35.5. The fourth-order valence-electron chi connectivity index (χ4n) is 4.58. The first-order valence-electron chi connectivity index (χ1n) is 12.2. The number of nitrogens with zero attached hydrogens (tertiary/aromatic N) is 2. The van der Waals surface area contributed by atoms with Crippen LogP contribution in [0.2, 0.25) is 10.0 Å². The van der Waals surface area contributed by atoms with E-state index in [0.717, 1.165) is 5.56 Å². The van der Waals surface area contributed by atoms with Gasteiger partial charge >= 0.3 is 5.97 Å². The second kappa shape index (κ2) is 12.2. The Kier molecular flexibility index (Phi) is 8.73. The van der Waals surface area contributed by atoms with Crippen molar-refractivity contribution in [1.82, 2.24) is 4.90 Å². The van der Waals surface area contributed by atoms with Gasteiger partial charge in [-0.05, 0) is 72.9 Å². The second-order valence-corrected chi connectivity index (χ2v) is 9.92. The van der Waals surface area contributed by atoms with Gasteiger partial charge in [-0.2, -0.15) is 0 Å². The molecule has 0 saturated heterocycles. The second-order valence-electron chi connectivity index (χ2n) is 9.05. The summed E-state index contributed by atoms with van der Waals surface area (Å²) in [4.78, 5) is 42.5. The highest BCUT2D eigenvalue weighted by Crippen LogP contribution is 2.36. The lowest BCUT2D eigenvalue weighted by Gasteiger charge is -2.31. The Morgan fingerprint density at radius 1 is 0.921 bits per heavy atom. The molecular formula is C30H26Cl2N2O4. The van der Waals surface area contributed by atoms with E-state index in [1.165, 1.54) is 0 Å². The zero-order valence-electron chi connectivity index (χ0n) is 20.6. The molecule has 0 aliphatic carbocycles. The molecule has 6 nitrogen and oxygen atoms in total. The first-order valence-corrected chi connectivity index (χ1v) is 13.0. The molecule has 0 radical (unpaired) electrons. The van der Waals surface area contributed by atoms with Gasteiger partial charge in [-0.15, -0.1) is 6.42 Å². The molecule has 0 aromatic heterocycles. The van der Waals surface area contributed by atoms with Gasteiger partial charge in [0, 0.05) is 35.1 Å². The van der Waals surface area contributed by atoms with E-state index < -0.39 is 12.0 Å². The lowest BCUT2D eigenvalue weighted by Crippen LogP contribution is -2.43. The Morgan fingerprint density at radius 2 is 1.58 bits per heavy atom. The molecule has 1 N–H and O–H groups in total. The number of amides is 2. The van der Waals surface area contributed by atoms with Crippen LogP contribution in [0.15, 0.2) is 66.7 Å². The minimum Gasteiger partial charge on any atom is -0.481 e. The molecular weight excluding hydrogens is 523 g/mol. The molecule has 1 aliphatic heterocycles. The number of terminal acetylenes is 1. The van der Waals surface area contributed by atoms with Crippen molar-refractivity contribution in [2.24, 2.45) is 0 Å². The maximum Gasteiger partial charge on any atom is 0.303 e. The highest BCUT2D eigenvalue weighted by molar-refractivity contribution is 6.30. The Hall–Kier alpha value is -3.79. The van der Waals surface area contributed by atoms with Crippen molar-refractivity contribution in [2.45, 2.75) is 31.7 Å². The predicted molar refractivity (Wildman–Crippen MR) is 149 cm³/mol. The minimum absolute atomic E-state index is 0.00230. The number of halogens is 2. The monoisotopic (exact) mass is 548 g/mol. The largest absolute Gasteiger partial charge is 0.481 e. The minimum atomic E-state index is -0.909. The number of carboxylic acid groups (broad SMARTS) is 1. The van der Waals surface area contributed by atoms with Crippen LogP contribution in [0.1, 0.15) is 52.4 Å². The normalized spacial score (nSPS) is 15.1. The van der Waals surface area contributed by atoms with Gasteiger partial charge in [0.1, 0.15) is 6.04 Å². The maximum absolute atomic E-state index is 14.2. The van der Waals surface area contributed by atoms with Gasteiger partial charge in [0.25, 0.3) is 11.8 Å². The van der Waals surface area contributed by atoms with Crippen molar-refractivity contribution in [1.29, 1.82) is 0 Å². The predicted octanol–water partition coefficient (Wildman–Crippen LogP) is 6.00. The average molecular weight is 549 g/mol. The van der Waals surface area contributed by atoms with Crippen LogP contribution in [0.5, 0.6) is 0 Å². The summed E-state index contributed by atoms with van der Waals surface area (Å²) >= 11 is 12.2. The number of benzene rings is 3. The van der Waals surface area contributed by atoms with E-state index in [9.17, 15) is 14.4 Å². The van der Waals surface area contributed by atoms with Crippen LogP contribution in [-0.4, -0.2) is 40.9 Å². The Balaban J connectivity index is 1.78. The number of rotatable bonds is 9. The van der Waals surface area contributed by atoms with Gasteiger partial charge in [0.05, 0.1) is 11.3 Å². The van der Waals surface area contributed by atoms with E-state index in [-0.39, 0.29) is 31.3 Å². The first-order chi connectivity index (χ1) is 18.3. The van der Waals surface area contributed by atoms with E-state index >= 15 is 0 Å². The molecule has 0 unspecified atom stereocenters. The Labute approximate surface area is 231 Å². The zero-order chi connectivity index (χ0) is 27.2. The Morgan fingerprint density at radius 3 is 2.21 bits per heavy atom. The fraction of sp³-hybridized carbons (Fsp3) is 0.233. The maximum atomic E-state index is 14.2. The number of fused-ring (bicyclic) bond motifs is 1. The highest BCUT2D eigenvalue weighted by Gasteiger charge is 2.40. The molecule has 0 saturated carbocycles. The van der Waals surface area contributed by atoms with Crippen molar-refractivity contribution in [3.05, 3.63) is 99.0 Å². The van der Waals surface area contributed by atoms with Gasteiger partial charge < -0.3 is 14.9 Å². The van der Waals surface area contributed by atoms with Gasteiger partial charge in [0.15, 0.2) is 0 Å². The van der Waals surface area contributed by atoms with E-state index in [2.05, 4.69) is 5.92 Å². The Bertz CT molecular complexity index is 1380. The quantitative estimate of drug-likeness (QED) is 0.262. The van der Waals surface area contributed by atoms with Gasteiger partial charge in [-0.1, -0.05) is 53.4 Å². The molecule has 1 aliphatic rings. The number of carboxylic acids is 1. The molecule has 4 rings (SSSR count). The number of unbranched alkanes of at least 4 members (excludes halogenated alkanes) is 1. The molecule has 0 fully saturated rings. The fourth-order valence-corrected chi connectivity index (χ4v) is 4.83. The molecule has 2 amide bonds. The molecule has 3 aromatic carbocycles. The van der Waals surface area contributed by atoms with Crippen LogP contribution < -0.4 is 4.90 Å². The molecule has 194 valence electrons. The summed E-state index contributed by atoms with van der Waals surface area (Å²) in [6, 6.07) is 18.4. The summed E-state index contributed by atoms with van der Waals surface area (Å²) in [6.45, 7) is 0.531. The summed E-state index contributed by atoms with van der Waals surface area (Å²) in [6.07, 6.45) is 6.99. The van der Waals surface area contributed by atoms with Crippen molar-refractivity contribution in [3.8, 4) is 12.3 Å². The smallest absolute Gasteiger partial charge is 0.303 e. The molecule has 3 aromatic rings. The summed E-state index contributed by atoms with van der Waals surface area (Å²) in [7, 11) is 0. The van der Waals surface area contributed by atoms with Crippen molar-refractivity contribution < 1.29 is 19.5 Å². The third-order valence-electron chi connectivity index (χ3n) is 6.52. The molecule has 1 heterocycles. The summed E-state index contributed by atoms with van der Waals surface area (Å²) in [5.41, 5.74) is 2.92. The summed E-state index contributed by atoms with van der Waals surface area (Å²) < 4.78 is 0. The molecule has 38 heavy (non-hydrogen) atoms. The lowest BCUT2D eigenvalue weighted by molar-refractivity contribution is -0.137. The standard InChI is InChI=1S/C30H26Cl2N2O4/c1-2-20-8-15-26-25(19-20)29(37)34(18-16-21-6-11-23(31)12-7-21)28(22-9-13-24(32)14-10-22)30(38)33(26)17-4-3-5-27(35)36/h1,6-15,19,28H,3-5,16-18H2,(H,35,36)/t28-/m0/s1. The SMILES string of the molecule is C#Cc1ccc2c(c1)C(=O)N(CCc1ccc(Cl)cc1)[C@@H](c1ccc(Cl)cc1)C(=O)N2CCCCC(=O)O. The van der Waals surface area contributed by atoms with Crippen LogP contribution in [0.4, 0.5) is 5.69 Å². The topological polar surface area (TPSA) is 77.9 Å².